The molecule has 0 saturated heterocycles. The quantitative estimate of drug-likeness (QED) is 0.475. The largest absolute Gasteiger partial charge is 0.473 e. The van der Waals surface area contributed by atoms with Gasteiger partial charge in [-0.3, -0.25) is 5.41 Å². The van der Waals surface area contributed by atoms with Crippen molar-refractivity contribution < 1.29 is 4.74 Å². The van der Waals surface area contributed by atoms with Crippen molar-refractivity contribution in [1.82, 2.24) is 10.2 Å². The average Bonchev–Trinajstić information content (AvgIpc) is 2.58. The van der Waals surface area contributed by atoms with Gasteiger partial charge in [0.25, 0.3) is 0 Å². The van der Waals surface area contributed by atoms with E-state index in [2.05, 4.69) is 10.2 Å². The van der Waals surface area contributed by atoms with E-state index < -0.39 is 0 Å². The van der Waals surface area contributed by atoms with E-state index >= 15 is 0 Å². The molecule has 5 heteroatoms. The fraction of sp³-hybridized carbons (Fsp3) is 0.583. The summed E-state index contributed by atoms with van der Waals surface area (Å²) >= 11 is 0. The molecular formula is C12H18N4O. The van der Waals surface area contributed by atoms with Gasteiger partial charge >= 0.3 is 0 Å². The third-order valence-corrected chi connectivity index (χ3v) is 3.06. The summed E-state index contributed by atoms with van der Waals surface area (Å²) in [5.74, 6) is 0.371. The minimum atomic E-state index is -0.0245. The summed E-state index contributed by atoms with van der Waals surface area (Å²) in [6, 6.07) is 1.67. The number of nitrogens with zero attached hydrogens (tertiary/aromatic N) is 2. The molecule has 0 spiro atoms. The summed E-state index contributed by atoms with van der Waals surface area (Å²) in [7, 11) is 0. The van der Waals surface area contributed by atoms with Crippen LogP contribution >= 0.6 is 0 Å². The predicted octanol–water partition coefficient (Wildman–Crippen LogP) is 1.86. The molecule has 0 aromatic carbocycles. The van der Waals surface area contributed by atoms with Gasteiger partial charge in [0, 0.05) is 0 Å². The zero-order valence-corrected chi connectivity index (χ0v) is 9.85. The van der Waals surface area contributed by atoms with Crippen LogP contribution in [-0.2, 0) is 0 Å². The molecule has 0 unspecified atom stereocenters. The van der Waals surface area contributed by atoms with Crippen LogP contribution in [0.2, 0.25) is 0 Å². The van der Waals surface area contributed by atoms with Crippen molar-refractivity contribution in [2.75, 3.05) is 0 Å². The number of nitrogens with two attached hydrogens (primary N) is 1. The Labute approximate surface area is 101 Å². The Morgan fingerprint density at radius 3 is 2.65 bits per heavy atom. The Morgan fingerprint density at radius 2 is 2.00 bits per heavy atom. The van der Waals surface area contributed by atoms with Crippen LogP contribution in [0.4, 0.5) is 0 Å². The van der Waals surface area contributed by atoms with Gasteiger partial charge in [0.1, 0.15) is 11.9 Å². The smallest absolute Gasteiger partial charge is 0.244 e. The Kier molecular flexibility index (Phi) is 3.90. The third-order valence-electron chi connectivity index (χ3n) is 3.06. The van der Waals surface area contributed by atoms with Crippen molar-refractivity contribution in [3.63, 3.8) is 0 Å². The van der Waals surface area contributed by atoms with Crippen LogP contribution in [0, 0.1) is 5.41 Å². The highest BCUT2D eigenvalue weighted by molar-refractivity contribution is 5.96. The molecule has 92 valence electrons. The number of amidine groups is 1. The Bertz CT molecular complexity index is 386. The van der Waals surface area contributed by atoms with Crippen LogP contribution in [0.15, 0.2) is 12.3 Å². The van der Waals surface area contributed by atoms with E-state index in [9.17, 15) is 0 Å². The summed E-state index contributed by atoms with van der Waals surface area (Å²) in [5.41, 5.74) is 6.02. The number of ether oxygens (including phenoxy) is 1. The van der Waals surface area contributed by atoms with Gasteiger partial charge in [-0.1, -0.05) is 12.8 Å². The highest BCUT2D eigenvalue weighted by Crippen LogP contribution is 2.23. The molecule has 0 radical (unpaired) electrons. The standard InChI is InChI=1S/C12H18N4O/c13-11(14)10-7-8-15-16-12(10)17-9-5-3-1-2-4-6-9/h7-9H,1-6H2,(H3,13,14). The minimum Gasteiger partial charge on any atom is -0.473 e. The molecule has 1 fully saturated rings. The molecule has 3 N–H and O–H groups in total. The maximum absolute atomic E-state index is 7.47. The second-order valence-electron chi connectivity index (χ2n) is 4.40. The summed E-state index contributed by atoms with van der Waals surface area (Å²) in [4.78, 5) is 0. The zero-order valence-electron chi connectivity index (χ0n) is 9.85. The van der Waals surface area contributed by atoms with E-state index in [1.807, 2.05) is 0 Å². The van der Waals surface area contributed by atoms with Crippen LogP contribution in [0.3, 0.4) is 0 Å². The lowest BCUT2D eigenvalue weighted by Crippen LogP contribution is -2.20. The van der Waals surface area contributed by atoms with Gasteiger partial charge in [0.2, 0.25) is 5.88 Å². The number of nitrogens with one attached hydrogen (secondary N) is 1. The van der Waals surface area contributed by atoms with Crippen LogP contribution in [0.5, 0.6) is 5.88 Å². The fourth-order valence-corrected chi connectivity index (χ4v) is 2.13. The average molecular weight is 234 g/mol. The van der Waals surface area contributed by atoms with Crippen molar-refractivity contribution in [1.29, 1.82) is 5.41 Å². The molecule has 1 aromatic rings. The van der Waals surface area contributed by atoms with Crippen LogP contribution < -0.4 is 10.5 Å². The van der Waals surface area contributed by atoms with Gasteiger partial charge in [0.15, 0.2) is 0 Å². The first-order chi connectivity index (χ1) is 8.27. The molecule has 1 saturated carbocycles. The fourth-order valence-electron chi connectivity index (χ4n) is 2.13. The van der Waals surface area contributed by atoms with Crippen LogP contribution in [0.25, 0.3) is 0 Å². The van der Waals surface area contributed by atoms with Crippen LogP contribution in [-0.4, -0.2) is 22.1 Å². The van der Waals surface area contributed by atoms with Crippen molar-refractivity contribution in [3.05, 3.63) is 17.8 Å². The number of rotatable bonds is 3. The maximum atomic E-state index is 7.47. The molecule has 5 nitrogen and oxygen atoms in total. The summed E-state index contributed by atoms with van der Waals surface area (Å²) in [6.07, 6.45) is 8.76. The van der Waals surface area contributed by atoms with Gasteiger partial charge in [0.05, 0.1) is 11.8 Å². The molecule has 1 aliphatic carbocycles. The second-order valence-corrected chi connectivity index (χ2v) is 4.40. The predicted molar refractivity (Wildman–Crippen MR) is 65.2 cm³/mol. The molecule has 0 bridgehead atoms. The van der Waals surface area contributed by atoms with Crippen molar-refractivity contribution in [2.24, 2.45) is 5.73 Å². The SMILES string of the molecule is N=C(N)c1ccnnc1OC1CCCCCC1. The summed E-state index contributed by atoms with van der Waals surface area (Å²) < 4.78 is 5.83. The van der Waals surface area contributed by atoms with E-state index in [1.165, 1.54) is 31.9 Å². The number of hydrogen-bond acceptors (Lipinski definition) is 4. The molecule has 17 heavy (non-hydrogen) atoms. The van der Waals surface area contributed by atoms with Gasteiger partial charge in [-0.25, -0.2) is 0 Å². The normalized spacial score (nSPS) is 17.4. The molecular weight excluding hydrogens is 216 g/mol. The molecule has 1 heterocycles. The second kappa shape index (κ2) is 5.61. The first kappa shape index (κ1) is 11.8. The zero-order chi connectivity index (χ0) is 12.1. The third kappa shape index (κ3) is 3.15. The number of hydrogen-bond donors (Lipinski definition) is 2. The molecule has 0 amide bonds. The van der Waals surface area contributed by atoms with E-state index in [-0.39, 0.29) is 11.9 Å². The lowest BCUT2D eigenvalue weighted by Gasteiger charge is -2.17. The Hall–Kier alpha value is -1.65. The van der Waals surface area contributed by atoms with E-state index in [4.69, 9.17) is 15.9 Å². The van der Waals surface area contributed by atoms with Gasteiger partial charge in [-0.15, -0.1) is 5.10 Å². The minimum absolute atomic E-state index is 0.0245. The van der Waals surface area contributed by atoms with Crippen molar-refractivity contribution >= 4 is 5.84 Å². The topological polar surface area (TPSA) is 84.9 Å². The Morgan fingerprint density at radius 1 is 1.29 bits per heavy atom. The van der Waals surface area contributed by atoms with E-state index in [0.717, 1.165) is 12.8 Å². The molecule has 1 aliphatic rings. The lowest BCUT2D eigenvalue weighted by atomic mass is 10.1. The highest BCUT2D eigenvalue weighted by atomic mass is 16.5. The van der Waals surface area contributed by atoms with Crippen molar-refractivity contribution in [3.8, 4) is 5.88 Å². The van der Waals surface area contributed by atoms with Gasteiger partial charge in [-0.05, 0) is 31.7 Å². The van der Waals surface area contributed by atoms with E-state index in [1.54, 1.807) is 6.07 Å². The highest BCUT2D eigenvalue weighted by Gasteiger charge is 2.17. The van der Waals surface area contributed by atoms with Gasteiger partial charge < -0.3 is 10.5 Å². The first-order valence-corrected chi connectivity index (χ1v) is 6.10. The molecule has 0 atom stereocenters. The van der Waals surface area contributed by atoms with Gasteiger partial charge in [-0.2, -0.15) is 5.10 Å². The summed E-state index contributed by atoms with van der Waals surface area (Å²) in [5, 5.41) is 15.2. The maximum Gasteiger partial charge on any atom is 0.244 e. The molecule has 0 aliphatic heterocycles. The van der Waals surface area contributed by atoms with Crippen molar-refractivity contribution in [2.45, 2.75) is 44.6 Å². The lowest BCUT2D eigenvalue weighted by molar-refractivity contribution is 0.174. The monoisotopic (exact) mass is 234 g/mol. The number of aromatic nitrogens is 2. The first-order valence-electron chi connectivity index (χ1n) is 6.10. The molecule has 1 aromatic heterocycles. The number of nitrogen functional groups attached to an aromatic ring is 1. The summed E-state index contributed by atoms with van der Waals surface area (Å²) in [6.45, 7) is 0. The van der Waals surface area contributed by atoms with Crippen LogP contribution in [0.1, 0.15) is 44.1 Å². The molecule has 2 rings (SSSR count). The Balaban J connectivity index is 2.09. The van der Waals surface area contributed by atoms with E-state index in [0.29, 0.717) is 11.4 Å².